The van der Waals surface area contributed by atoms with Gasteiger partial charge < -0.3 is 5.73 Å². The number of nitrogens with zero attached hydrogens (tertiary/aromatic N) is 3. The van der Waals surface area contributed by atoms with E-state index in [0.717, 1.165) is 19.3 Å². The van der Waals surface area contributed by atoms with Crippen molar-refractivity contribution in [2.45, 2.75) is 50.6 Å². The molecule has 0 bridgehead atoms. The normalized spacial score (nSPS) is 20.9. The van der Waals surface area contributed by atoms with Crippen molar-refractivity contribution in [3.8, 4) is 0 Å². The lowest BCUT2D eigenvalue weighted by molar-refractivity contribution is 0.315. The van der Waals surface area contributed by atoms with E-state index in [4.69, 9.17) is 5.73 Å². The molecule has 0 amide bonds. The van der Waals surface area contributed by atoms with Gasteiger partial charge in [0.2, 0.25) is 10.0 Å². The van der Waals surface area contributed by atoms with Crippen molar-refractivity contribution in [1.82, 2.24) is 14.1 Å². The Labute approximate surface area is 121 Å². The molecule has 1 fully saturated rings. The standard InChI is InChI=1S/C13H24N4O2S/c1-11(2)13-5-3-8-17(13)20(18,19)12-9-15-16(10-12)7-4-6-14/h9-11,13H,3-8,14H2,1-2H3. The van der Waals surface area contributed by atoms with E-state index in [-0.39, 0.29) is 6.04 Å². The molecule has 0 aliphatic carbocycles. The van der Waals surface area contributed by atoms with Gasteiger partial charge in [-0.25, -0.2) is 8.42 Å². The summed E-state index contributed by atoms with van der Waals surface area (Å²) < 4.78 is 28.7. The van der Waals surface area contributed by atoms with Gasteiger partial charge >= 0.3 is 0 Å². The van der Waals surface area contributed by atoms with Gasteiger partial charge in [0.15, 0.2) is 0 Å². The topological polar surface area (TPSA) is 81.2 Å². The number of hydrogen-bond donors (Lipinski definition) is 1. The first-order chi connectivity index (χ1) is 9.46. The molecule has 2 N–H and O–H groups in total. The van der Waals surface area contributed by atoms with Gasteiger partial charge in [0.1, 0.15) is 4.90 Å². The first-order valence-electron chi connectivity index (χ1n) is 7.21. The smallest absolute Gasteiger partial charge is 0.246 e. The lowest BCUT2D eigenvalue weighted by Crippen LogP contribution is -2.38. The van der Waals surface area contributed by atoms with Crippen LogP contribution in [0, 0.1) is 5.92 Å². The van der Waals surface area contributed by atoms with E-state index in [1.54, 1.807) is 15.2 Å². The third kappa shape index (κ3) is 3.05. The molecule has 1 aliphatic rings. The maximum absolute atomic E-state index is 12.7. The first kappa shape index (κ1) is 15.5. The Balaban J connectivity index is 2.19. The highest BCUT2D eigenvalue weighted by atomic mass is 32.2. The zero-order chi connectivity index (χ0) is 14.8. The van der Waals surface area contributed by atoms with Crippen LogP contribution in [0.25, 0.3) is 0 Å². The Bertz CT molecular complexity index is 538. The average molecular weight is 300 g/mol. The van der Waals surface area contributed by atoms with Crippen LogP contribution < -0.4 is 5.73 Å². The molecule has 2 heterocycles. The summed E-state index contributed by atoms with van der Waals surface area (Å²) in [5.74, 6) is 0.333. The van der Waals surface area contributed by atoms with Crippen LogP contribution in [-0.4, -0.2) is 41.6 Å². The van der Waals surface area contributed by atoms with Gasteiger partial charge in [-0.1, -0.05) is 13.8 Å². The number of sulfonamides is 1. The Hall–Kier alpha value is -0.920. The van der Waals surface area contributed by atoms with Crippen LogP contribution in [-0.2, 0) is 16.6 Å². The largest absolute Gasteiger partial charge is 0.330 e. The Morgan fingerprint density at radius 3 is 2.90 bits per heavy atom. The molecule has 0 radical (unpaired) electrons. The molecule has 20 heavy (non-hydrogen) atoms. The second-order valence-electron chi connectivity index (χ2n) is 5.65. The van der Waals surface area contributed by atoms with Crippen LogP contribution in [0.1, 0.15) is 33.1 Å². The molecule has 1 aromatic heterocycles. The summed E-state index contributed by atoms with van der Waals surface area (Å²) in [7, 11) is -3.42. The Kier molecular flexibility index (Phi) is 4.82. The van der Waals surface area contributed by atoms with E-state index in [1.807, 2.05) is 0 Å². The predicted octanol–water partition coefficient (Wildman–Crippen LogP) is 1.04. The molecule has 1 atom stereocenters. The summed E-state index contributed by atoms with van der Waals surface area (Å²) in [4.78, 5) is 0.294. The quantitative estimate of drug-likeness (QED) is 0.851. The van der Waals surface area contributed by atoms with Gasteiger partial charge in [0, 0.05) is 25.3 Å². The predicted molar refractivity (Wildman–Crippen MR) is 77.7 cm³/mol. The maximum atomic E-state index is 12.7. The molecule has 0 saturated carbocycles. The SMILES string of the molecule is CC(C)C1CCCN1S(=O)(=O)c1cnn(CCCN)c1. The summed E-state index contributed by atoms with van der Waals surface area (Å²) in [6, 6.07) is 0.104. The van der Waals surface area contributed by atoms with Crippen LogP contribution in [0.15, 0.2) is 17.3 Å². The summed E-state index contributed by atoms with van der Waals surface area (Å²) in [6.45, 7) is 5.98. The molecule has 0 aromatic carbocycles. The van der Waals surface area contributed by atoms with Gasteiger partial charge in [0.05, 0.1) is 6.20 Å². The molecular formula is C13H24N4O2S. The van der Waals surface area contributed by atoms with Crippen molar-refractivity contribution < 1.29 is 8.42 Å². The third-order valence-electron chi connectivity index (χ3n) is 3.83. The van der Waals surface area contributed by atoms with Gasteiger partial charge in [-0.05, 0) is 31.7 Å². The van der Waals surface area contributed by atoms with Crippen molar-refractivity contribution >= 4 is 10.0 Å². The van der Waals surface area contributed by atoms with Crippen LogP contribution in [0.4, 0.5) is 0 Å². The third-order valence-corrected chi connectivity index (χ3v) is 5.70. The second kappa shape index (κ2) is 6.24. The number of aryl methyl sites for hydroxylation is 1. The summed E-state index contributed by atoms with van der Waals surface area (Å²) in [5, 5.41) is 4.12. The van der Waals surface area contributed by atoms with E-state index in [1.165, 1.54) is 6.20 Å². The maximum Gasteiger partial charge on any atom is 0.246 e. The van der Waals surface area contributed by atoms with E-state index in [2.05, 4.69) is 18.9 Å². The highest BCUT2D eigenvalue weighted by Crippen LogP contribution is 2.29. The number of hydrogen-bond acceptors (Lipinski definition) is 4. The minimum atomic E-state index is -3.42. The molecular weight excluding hydrogens is 276 g/mol. The molecule has 1 aromatic rings. The molecule has 1 unspecified atom stereocenters. The zero-order valence-electron chi connectivity index (χ0n) is 12.2. The van der Waals surface area contributed by atoms with Crippen LogP contribution >= 0.6 is 0 Å². The summed E-state index contributed by atoms with van der Waals surface area (Å²) in [6.07, 6.45) is 5.73. The van der Waals surface area contributed by atoms with Gasteiger partial charge in [-0.15, -0.1) is 0 Å². The Morgan fingerprint density at radius 2 is 2.25 bits per heavy atom. The van der Waals surface area contributed by atoms with Crippen molar-refractivity contribution in [2.75, 3.05) is 13.1 Å². The van der Waals surface area contributed by atoms with Crippen LogP contribution in [0.2, 0.25) is 0 Å². The van der Waals surface area contributed by atoms with E-state index >= 15 is 0 Å². The minimum Gasteiger partial charge on any atom is -0.330 e. The Morgan fingerprint density at radius 1 is 1.50 bits per heavy atom. The molecule has 1 saturated heterocycles. The fourth-order valence-corrected chi connectivity index (χ4v) is 4.50. The number of nitrogens with two attached hydrogens (primary N) is 1. The lowest BCUT2D eigenvalue weighted by atomic mass is 10.0. The van der Waals surface area contributed by atoms with Crippen LogP contribution in [0.3, 0.4) is 0 Å². The van der Waals surface area contributed by atoms with Crippen LogP contribution in [0.5, 0.6) is 0 Å². The summed E-state index contributed by atoms with van der Waals surface area (Å²) >= 11 is 0. The number of rotatable bonds is 6. The average Bonchev–Trinajstić information content (AvgIpc) is 3.05. The highest BCUT2D eigenvalue weighted by Gasteiger charge is 2.37. The molecule has 7 heteroatoms. The van der Waals surface area contributed by atoms with Gasteiger partial charge in [-0.2, -0.15) is 9.40 Å². The van der Waals surface area contributed by atoms with Crippen molar-refractivity contribution in [3.63, 3.8) is 0 Å². The highest BCUT2D eigenvalue weighted by molar-refractivity contribution is 7.89. The number of aromatic nitrogens is 2. The van der Waals surface area contributed by atoms with E-state index < -0.39 is 10.0 Å². The lowest BCUT2D eigenvalue weighted by Gasteiger charge is -2.26. The molecule has 0 spiro atoms. The first-order valence-corrected chi connectivity index (χ1v) is 8.65. The van der Waals surface area contributed by atoms with Crippen molar-refractivity contribution in [3.05, 3.63) is 12.4 Å². The van der Waals surface area contributed by atoms with E-state index in [0.29, 0.717) is 30.4 Å². The molecule has 2 rings (SSSR count). The van der Waals surface area contributed by atoms with Gasteiger partial charge in [-0.3, -0.25) is 4.68 Å². The van der Waals surface area contributed by atoms with Crippen molar-refractivity contribution in [1.29, 1.82) is 0 Å². The fraction of sp³-hybridized carbons (Fsp3) is 0.769. The summed E-state index contributed by atoms with van der Waals surface area (Å²) in [5.41, 5.74) is 5.45. The zero-order valence-corrected chi connectivity index (χ0v) is 13.0. The van der Waals surface area contributed by atoms with E-state index in [9.17, 15) is 8.42 Å². The molecule has 6 nitrogen and oxygen atoms in total. The molecule has 114 valence electrons. The fourth-order valence-electron chi connectivity index (χ4n) is 2.72. The van der Waals surface area contributed by atoms with Crippen molar-refractivity contribution in [2.24, 2.45) is 11.7 Å². The minimum absolute atomic E-state index is 0.104. The monoisotopic (exact) mass is 300 g/mol. The molecule has 1 aliphatic heterocycles. The second-order valence-corrected chi connectivity index (χ2v) is 7.54. The van der Waals surface area contributed by atoms with Gasteiger partial charge in [0.25, 0.3) is 0 Å².